The van der Waals surface area contributed by atoms with Crippen molar-refractivity contribution >= 4 is 74.2 Å². The van der Waals surface area contributed by atoms with Gasteiger partial charge in [0.1, 0.15) is 17.2 Å². The van der Waals surface area contributed by atoms with Crippen LogP contribution in [0, 0.1) is 17.8 Å². The number of carbonyl (C=O) groups excluding carboxylic acids is 5. The summed E-state index contributed by atoms with van der Waals surface area (Å²) in [5, 5.41) is 10.4. The van der Waals surface area contributed by atoms with Gasteiger partial charge in [0.2, 0.25) is 11.8 Å². The van der Waals surface area contributed by atoms with Crippen molar-refractivity contribution in [1.29, 1.82) is 0 Å². The highest BCUT2D eigenvalue weighted by Crippen LogP contribution is 2.67. The Morgan fingerprint density at radius 1 is 0.898 bits per heavy atom. The highest BCUT2D eigenvalue weighted by Gasteiger charge is 2.76. The molecular weight excluding hydrogens is 739 g/mol. The number of hydrogen-bond acceptors (Lipinski definition) is 8. The van der Waals surface area contributed by atoms with Crippen LogP contribution in [0.25, 0.3) is 0 Å². The molecule has 49 heavy (non-hydrogen) atoms. The number of phenolic OH excluding ortho intramolecular Hbond substituents is 1. The van der Waals surface area contributed by atoms with Gasteiger partial charge in [-0.3, -0.25) is 33.8 Å². The molecule has 7 rings (SSSR count). The average Bonchev–Trinajstić information content (AvgIpc) is 3.45. The number of alkyl halides is 3. The minimum absolute atomic E-state index is 0.127. The molecule has 2 aliphatic heterocycles. The summed E-state index contributed by atoms with van der Waals surface area (Å²) in [6.07, 6.45) is 1.75. The summed E-state index contributed by atoms with van der Waals surface area (Å²) in [4.78, 5) is 67.4. The topological polar surface area (TPSA) is 131 Å². The molecule has 4 aliphatic rings. The molecule has 0 aromatic heterocycles. The zero-order valence-electron chi connectivity index (χ0n) is 26.2. The number of phenols is 1. The van der Waals surface area contributed by atoms with E-state index in [9.17, 15) is 29.1 Å². The summed E-state index contributed by atoms with van der Waals surface area (Å²) in [5.74, 6) is -6.18. The number of likely N-dealkylation sites (tertiary alicyclic amines) is 1. The van der Waals surface area contributed by atoms with E-state index < -0.39 is 57.0 Å². The van der Waals surface area contributed by atoms with Crippen molar-refractivity contribution in [2.45, 2.75) is 28.5 Å². The minimum Gasteiger partial charge on any atom is -0.508 e. The Morgan fingerprint density at radius 3 is 2.10 bits per heavy atom. The van der Waals surface area contributed by atoms with Gasteiger partial charge in [0, 0.05) is 34.7 Å². The Bertz CT molecular complexity index is 1950. The maximum Gasteiger partial charge on any atom is 0.254 e. The number of imide groups is 2. The molecule has 0 spiro atoms. The van der Waals surface area contributed by atoms with E-state index in [1.807, 2.05) is 6.07 Å². The van der Waals surface area contributed by atoms with Crippen molar-refractivity contribution < 1.29 is 38.6 Å². The summed E-state index contributed by atoms with van der Waals surface area (Å²) >= 11 is 17.9. The standard InChI is InChI=1S/C36H29BrCl2N2O8/c1-48-25-14-21(42)15-26(49-2)28(25)29-22-12-13-23-27(24(22)16-35(38)33(46)40(17-37)34(47)36(29,35)39)32(45)41(31(23)44)20-10-8-19(9-11-20)30(43)18-6-4-3-5-7-18/h3-12,14-15,23-24,27,29,42H,13,16-17H2,1-2H3/t23-,24+,27-,29+,35+,36-/m0/s1. The van der Waals surface area contributed by atoms with Gasteiger partial charge in [-0.15, -0.1) is 23.2 Å². The maximum atomic E-state index is 14.4. The fourth-order valence-electron chi connectivity index (χ4n) is 8.05. The van der Waals surface area contributed by atoms with E-state index in [-0.39, 0.29) is 46.9 Å². The molecule has 2 aliphatic carbocycles. The molecule has 3 fully saturated rings. The van der Waals surface area contributed by atoms with Crippen molar-refractivity contribution in [3.63, 3.8) is 0 Å². The Hall–Kier alpha value is -4.19. The van der Waals surface area contributed by atoms with E-state index in [0.717, 1.165) is 9.80 Å². The van der Waals surface area contributed by atoms with E-state index in [2.05, 4.69) is 15.9 Å². The van der Waals surface area contributed by atoms with E-state index in [4.69, 9.17) is 32.7 Å². The van der Waals surface area contributed by atoms with Gasteiger partial charge >= 0.3 is 0 Å². The molecule has 1 saturated carbocycles. The number of hydrogen-bond donors (Lipinski definition) is 1. The number of anilines is 1. The molecule has 0 unspecified atom stereocenters. The van der Waals surface area contributed by atoms with Crippen molar-refractivity contribution in [2.24, 2.45) is 17.8 Å². The van der Waals surface area contributed by atoms with Gasteiger partial charge in [-0.1, -0.05) is 57.9 Å². The molecule has 13 heteroatoms. The number of nitrogens with zero attached hydrogens (tertiary/aromatic N) is 2. The van der Waals surface area contributed by atoms with Gasteiger partial charge in [0.25, 0.3) is 11.8 Å². The molecule has 2 saturated heterocycles. The number of rotatable bonds is 7. The predicted octanol–water partition coefficient (Wildman–Crippen LogP) is 5.56. The maximum absolute atomic E-state index is 14.4. The molecule has 6 atom stereocenters. The van der Waals surface area contributed by atoms with Crippen LogP contribution in [0.1, 0.15) is 40.2 Å². The second kappa shape index (κ2) is 12.0. The molecule has 4 amide bonds. The van der Waals surface area contributed by atoms with Gasteiger partial charge in [0.15, 0.2) is 15.5 Å². The predicted molar refractivity (Wildman–Crippen MR) is 183 cm³/mol. The molecule has 1 N–H and O–H groups in total. The van der Waals surface area contributed by atoms with Crippen molar-refractivity contribution in [3.05, 3.63) is 95.1 Å². The molecule has 0 radical (unpaired) electrons. The van der Waals surface area contributed by atoms with E-state index in [1.165, 1.54) is 26.4 Å². The van der Waals surface area contributed by atoms with Crippen LogP contribution >= 0.6 is 39.1 Å². The van der Waals surface area contributed by atoms with Crippen LogP contribution in [-0.2, 0) is 19.2 Å². The van der Waals surface area contributed by atoms with Gasteiger partial charge in [-0.05, 0) is 43.0 Å². The number of methoxy groups -OCH3 is 2. The minimum atomic E-state index is -2.08. The van der Waals surface area contributed by atoms with Crippen LogP contribution in [0.4, 0.5) is 5.69 Å². The van der Waals surface area contributed by atoms with E-state index in [0.29, 0.717) is 22.4 Å². The smallest absolute Gasteiger partial charge is 0.254 e. The van der Waals surface area contributed by atoms with Crippen molar-refractivity contribution in [2.75, 3.05) is 24.6 Å². The number of benzene rings is 3. The summed E-state index contributed by atoms with van der Waals surface area (Å²) in [7, 11) is 2.75. The van der Waals surface area contributed by atoms with Gasteiger partial charge in [-0.2, -0.15) is 0 Å². The van der Waals surface area contributed by atoms with Crippen molar-refractivity contribution in [3.8, 4) is 17.2 Å². The third-order valence-electron chi connectivity index (χ3n) is 10.3. The fraction of sp³-hybridized carbons (Fsp3) is 0.306. The Labute approximate surface area is 299 Å². The Balaban J connectivity index is 1.33. The lowest BCUT2D eigenvalue weighted by Crippen LogP contribution is -2.60. The van der Waals surface area contributed by atoms with Crippen LogP contribution in [0.3, 0.4) is 0 Å². The van der Waals surface area contributed by atoms with Gasteiger partial charge in [-0.25, -0.2) is 0 Å². The molecule has 3 aromatic rings. The SMILES string of the molecule is COc1cc(O)cc(OC)c1[C@H]1C2=CC[C@@H]3C(=O)N(c4ccc(C(=O)c5ccccc5)cc4)C(=O)[C@@H]3[C@@H]2C[C@@]2(Cl)C(=O)N(CBr)C(=O)[C@@]12Cl. The van der Waals surface area contributed by atoms with E-state index in [1.54, 1.807) is 54.6 Å². The van der Waals surface area contributed by atoms with Crippen molar-refractivity contribution in [1.82, 2.24) is 4.90 Å². The molecule has 0 bridgehead atoms. The van der Waals surface area contributed by atoms with Gasteiger partial charge in [0.05, 0.1) is 37.2 Å². The number of halogens is 3. The summed E-state index contributed by atoms with van der Waals surface area (Å²) in [6.45, 7) is 0. The monoisotopic (exact) mass is 766 g/mol. The Kier molecular flexibility index (Phi) is 8.16. The average molecular weight is 768 g/mol. The van der Waals surface area contributed by atoms with Crippen LogP contribution in [0.2, 0.25) is 0 Å². The first kappa shape index (κ1) is 33.3. The number of carbonyl (C=O) groups is 5. The number of ketones is 1. The molecule has 2 heterocycles. The third kappa shape index (κ3) is 4.62. The number of aromatic hydroxyl groups is 1. The lowest BCUT2D eigenvalue weighted by molar-refractivity contribution is -0.138. The summed E-state index contributed by atoms with van der Waals surface area (Å²) in [5.41, 5.74) is 1.83. The molecule has 252 valence electrons. The highest BCUT2D eigenvalue weighted by atomic mass is 79.9. The third-order valence-corrected chi connectivity index (χ3v) is 12.2. The second-order valence-corrected chi connectivity index (χ2v) is 14.2. The zero-order valence-corrected chi connectivity index (χ0v) is 29.3. The lowest BCUT2D eigenvalue weighted by atomic mass is 9.56. The quantitative estimate of drug-likeness (QED) is 0.109. The second-order valence-electron chi connectivity index (χ2n) is 12.5. The van der Waals surface area contributed by atoms with Crippen LogP contribution in [0.15, 0.2) is 78.4 Å². The van der Waals surface area contributed by atoms with Gasteiger partial charge < -0.3 is 14.6 Å². The molecular formula is C36H29BrCl2N2O8. The number of ether oxygens (including phenoxy) is 2. The number of allylic oxidation sites excluding steroid dienone is 2. The summed E-state index contributed by atoms with van der Waals surface area (Å²) in [6, 6.07) is 17.7. The zero-order chi connectivity index (χ0) is 35.0. The lowest BCUT2D eigenvalue weighted by Gasteiger charge is -2.51. The van der Waals surface area contributed by atoms with Crippen LogP contribution in [0.5, 0.6) is 17.2 Å². The largest absolute Gasteiger partial charge is 0.508 e. The summed E-state index contributed by atoms with van der Waals surface area (Å²) < 4.78 is 11.3. The first-order valence-electron chi connectivity index (χ1n) is 15.5. The highest BCUT2D eigenvalue weighted by molar-refractivity contribution is 9.09. The van der Waals surface area contributed by atoms with Crippen LogP contribution in [-0.4, -0.2) is 68.8 Å². The normalized spacial score (nSPS) is 29.0. The first-order chi connectivity index (χ1) is 23.4. The Morgan fingerprint density at radius 2 is 1.51 bits per heavy atom. The molecule has 10 nitrogen and oxygen atoms in total. The first-order valence-corrected chi connectivity index (χ1v) is 17.3. The number of amides is 4. The molecule has 3 aromatic carbocycles. The van der Waals surface area contributed by atoms with E-state index >= 15 is 0 Å². The van der Waals surface area contributed by atoms with Crippen LogP contribution < -0.4 is 14.4 Å². The fourth-order valence-corrected chi connectivity index (χ4v) is 9.46. The number of fused-ring (bicyclic) bond motifs is 4.